The Morgan fingerprint density at radius 1 is 1.40 bits per heavy atom. The average Bonchev–Trinajstić information content (AvgIpc) is 2.38. The van der Waals surface area contributed by atoms with Gasteiger partial charge in [0.05, 0.1) is 25.7 Å². The minimum absolute atomic E-state index is 0.0714. The minimum atomic E-state index is -0.907. The van der Waals surface area contributed by atoms with Crippen LogP contribution in [0, 0.1) is 0 Å². The van der Waals surface area contributed by atoms with Crippen molar-refractivity contribution in [1.29, 1.82) is 0 Å². The zero-order valence-electron chi connectivity index (χ0n) is 11.9. The van der Waals surface area contributed by atoms with Gasteiger partial charge >= 0.3 is 12.0 Å². The summed E-state index contributed by atoms with van der Waals surface area (Å²) in [6.45, 7) is 3.12. The smallest absolute Gasteiger partial charge is 0.318 e. The number of carbonyl (C=O) groups is 2. The summed E-state index contributed by atoms with van der Waals surface area (Å²) in [5.41, 5.74) is 0. The fourth-order valence-corrected chi connectivity index (χ4v) is 2.83. The van der Waals surface area contributed by atoms with Crippen LogP contribution >= 0.6 is 0 Å². The van der Waals surface area contributed by atoms with Crippen LogP contribution in [0.3, 0.4) is 0 Å². The van der Waals surface area contributed by atoms with Crippen molar-refractivity contribution in [1.82, 2.24) is 15.1 Å². The van der Waals surface area contributed by atoms with Crippen LogP contribution in [0.25, 0.3) is 0 Å². The number of nitrogens with one attached hydrogen (secondary N) is 1. The van der Waals surface area contributed by atoms with Gasteiger partial charge in [-0.1, -0.05) is 0 Å². The lowest BCUT2D eigenvalue weighted by Gasteiger charge is -2.37. The molecule has 2 heterocycles. The van der Waals surface area contributed by atoms with E-state index in [1.807, 2.05) is 7.05 Å². The molecule has 0 aromatic carbocycles. The molecule has 0 saturated carbocycles. The van der Waals surface area contributed by atoms with Crippen LogP contribution in [0.1, 0.15) is 19.3 Å². The number of likely N-dealkylation sites (tertiary alicyclic amines) is 1. The van der Waals surface area contributed by atoms with E-state index in [0.29, 0.717) is 19.8 Å². The Kier molecular flexibility index (Phi) is 5.19. The number of urea groups is 1. The number of carboxylic acid groups (broad SMARTS) is 1. The number of likely N-dealkylation sites (N-methyl/N-ethyl adjacent to an activating group) is 1. The van der Waals surface area contributed by atoms with Gasteiger partial charge in [0.15, 0.2) is 0 Å². The lowest BCUT2D eigenvalue weighted by atomic mass is 10.1. The zero-order chi connectivity index (χ0) is 14.5. The van der Waals surface area contributed by atoms with E-state index in [1.54, 1.807) is 4.90 Å². The molecular weight excluding hydrogens is 262 g/mol. The summed E-state index contributed by atoms with van der Waals surface area (Å²) < 4.78 is 5.28. The molecule has 114 valence electrons. The molecule has 0 bridgehead atoms. The van der Waals surface area contributed by atoms with Crippen LogP contribution in [0.15, 0.2) is 0 Å². The van der Waals surface area contributed by atoms with E-state index < -0.39 is 5.97 Å². The molecule has 0 aromatic rings. The first kappa shape index (κ1) is 15.1. The summed E-state index contributed by atoms with van der Waals surface area (Å²) in [5, 5.41) is 11.9. The topological polar surface area (TPSA) is 82.1 Å². The number of aliphatic carboxylic acids is 1. The molecule has 2 N–H and O–H groups in total. The van der Waals surface area contributed by atoms with Gasteiger partial charge in [0, 0.05) is 19.1 Å². The molecule has 20 heavy (non-hydrogen) atoms. The molecule has 2 rings (SSSR count). The van der Waals surface area contributed by atoms with Crippen LogP contribution in [-0.4, -0.2) is 78.9 Å². The lowest BCUT2D eigenvalue weighted by molar-refractivity contribution is -0.139. The third kappa shape index (κ3) is 4.08. The van der Waals surface area contributed by atoms with E-state index >= 15 is 0 Å². The molecule has 2 aliphatic heterocycles. The first-order valence-electron chi connectivity index (χ1n) is 7.11. The van der Waals surface area contributed by atoms with Crippen molar-refractivity contribution >= 4 is 12.0 Å². The molecule has 2 amide bonds. The predicted molar refractivity (Wildman–Crippen MR) is 72.6 cm³/mol. The van der Waals surface area contributed by atoms with Gasteiger partial charge < -0.3 is 25.0 Å². The van der Waals surface area contributed by atoms with Gasteiger partial charge in [0.25, 0.3) is 0 Å². The van der Waals surface area contributed by atoms with Crippen molar-refractivity contribution in [3.63, 3.8) is 0 Å². The number of carboxylic acids is 1. The van der Waals surface area contributed by atoms with Crippen molar-refractivity contribution in [2.75, 3.05) is 39.9 Å². The molecule has 2 fully saturated rings. The maximum Gasteiger partial charge on any atom is 0.318 e. The van der Waals surface area contributed by atoms with Crippen LogP contribution in [0.5, 0.6) is 0 Å². The van der Waals surface area contributed by atoms with Gasteiger partial charge in [-0.15, -0.1) is 0 Å². The first-order chi connectivity index (χ1) is 9.56. The fraction of sp³-hybridized carbons (Fsp3) is 0.846. The number of hydrogen-bond acceptors (Lipinski definition) is 4. The number of rotatable bonds is 3. The lowest BCUT2D eigenvalue weighted by Crippen LogP contribution is -2.56. The fourth-order valence-electron chi connectivity index (χ4n) is 2.83. The van der Waals surface area contributed by atoms with Crippen LogP contribution in [0.4, 0.5) is 4.79 Å². The third-order valence-corrected chi connectivity index (χ3v) is 3.85. The Morgan fingerprint density at radius 2 is 2.20 bits per heavy atom. The summed E-state index contributed by atoms with van der Waals surface area (Å²) in [4.78, 5) is 27.0. The van der Waals surface area contributed by atoms with Crippen molar-refractivity contribution < 1.29 is 19.4 Å². The first-order valence-corrected chi connectivity index (χ1v) is 7.11. The number of carbonyl (C=O) groups excluding carboxylic acids is 1. The molecule has 0 radical (unpaired) electrons. The van der Waals surface area contributed by atoms with Crippen LogP contribution in [-0.2, 0) is 9.53 Å². The Labute approximate surface area is 118 Å². The van der Waals surface area contributed by atoms with E-state index in [-0.39, 0.29) is 24.5 Å². The summed E-state index contributed by atoms with van der Waals surface area (Å²) in [5.74, 6) is -0.907. The molecule has 2 unspecified atom stereocenters. The molecule has 0 spiro atoms. The second kappa shape index (κ2) is 6.90. The Morgan fingerprint density at radius 3 is 2.90 bits per heavy atom. The highest BCUT2D eigenvalue weighted by Gasteiger charge is 2.30. The molecule has 2 atom stereocenters. The summed E-state index contributed by atoms with van der Waals surface area (Å²) >= 11 is 0. The summed E-state index contributed by atoms with van der Waals surface area (Å²) in [7, 11) is 2.04. The third-order valence-electron chi connectivity index (χ3n) is 3.85. The van der Waals surface area contributed by atoms with E-state index in [1.165, 1.54) is 0 Å². The van der Waals surface area contributed by atoms with Crippen LogP contribution in [0.2, 0.25) is 0 Å². The molecule has 0 aliphatic carbocycles. The van der Waals surface area contributed by atoms with Gasteiger partial charge in [0.1, 0.15) is 0 Å². The van der Waals surface area contributed by atoms with E-state index in [2.05, 4.69) is 10.2 Å². The van der Waals surface area contributed by atoms with E-state index in [4.69, 9.17) is 9.84 Å². The number of amides is 2. The van der Waals surface area contributed by atoms with Gasteiger partial charge in [-0.3, -0.25) is 4.79 Å². The molecule has 7 nitrogen and oxygen atoms in total. The largest absolute Gasteiger partial charge is 0.481 e. The zero-order valence-corrected chi connectivity index (χ0v) is 11.9. The maximum atomic E-state index is 12.3. The number of morpholine rings is 1. The summed E-state index contributed by atoms with van der Waals surface area (Å²) in [6, 6.07) is -0.392. The standard InChI is InChI=1S/C13H23N3O4/c1-15-4-2-3-10(8-15)14-13(19)16-5-6-20-9-11(16)7-12(17)18/h10-11H,2-9H2,1H3,(H,14,19)(H,17,18). The Bertz CT molecular complexity index is 364. The second-order valence-electron chi connectivity index (χ2n) is 5.57. The van der Waals surface area contributed by atoms with Crippen molar-refractivity contribution in [3.8, 4) is 0 Å². The van der Waals surface area contributed by atoms with E-state index in [9.17, 15) is 9.59 Å². The highest BCUT2D eigenvalue weighted by molar-refractivity contribution is 5.76. The summed E-state index contributed by atoms with van der Waals surface area (Å²) in [6.07, 6.45) is 1.98. The highest BCUT2D eigenvalue weighted by atomic mass is 16.5. The monoisotopic (exact) mass is 285 g/mol. The highest BCUT2D eigenvalue weighted by Crippen LogP contribution is 2.13. The molecule has 2 aliphatic rings. The van der Waals surface area contributed by atoms with Gasteiger partial charge in [-0.25, -0.2) is 4.79 Å². The molecule has 7 heteroatoms. The van der Waals surface area contributed by atoms with Gasteiger partial charge in [-0.05, 0) is 26.4 Å². The number of hydrogen-bond donors (Lipinski definition) is 2. The van der Waals surface area contributed by atoms with Gasteiger partial charge in [-0.2, -0.15) is 0 Å². The van der Waals surface area contributed by atoms with Gasteiger partial charge in [0.2, 0.25) is 0 Å². The van der Waals surface area contributed by atoms with Crippen molar-refractivity contribution in [2.24, 2.45) is 0 Å². The number of nitrogens with zero attached hydrogens (tertiary/aromatic N) is 2. The Balaban J connectivity index is 1.90. The minimum Gasteiger partial charge on any atom is -0.481 e. The molecular formula is C13H23N3O4. The Hall–Kier alpha value is -1.34. The SMILES string of the molecule is CN1CCCC(NC(=O)N2CCOCC2CC(=O)O)C1. The predicted octanol–water partition coefficient (Wildman–Crippen LogP) is -0.0343. The van der Waals surface area contributed by atoms with E-state index in [0.717, 1.165) is 25.9 Å². The second-order valence-corrected chi connectivity index (χ2v) is 5.57. The quantitative estimate of drug-likeness (QED) is 0.761. The normalized spacial score (nSPS) is 28.1. The van der Waals surface area contributed by atoms with Crippen molar-refractivity contribution in [2.45, 2.75) is 31.3 Å². The van der Waals surface area contributed by atoms with Crippen LogP contribution < -0.4 is 5.32 Å². The number of ether oxygens (including phenoxy) is 1. The molecule has 2 saturated heterocycles. The molecule has 0 aromatic heterocycles. The maximum absolute atomic E-state index is 12.3. The number of piperidine rings is 1. The van der Waals surface area contributed by atoms with Crippen molar-refractivity contribution in [3.05, 3.63) is 0 Å². The average molecular weight is 285 g/mol.